The van der Waals surface area contributed by atoms with Crippen molar-refractivity contribution in [2.45, 2.75) is 26.0 Å². The Morgan fingerprint density at radius 1 is 1.42 bits per heavy atom. The standard InChI is InChI=1S/C13H19ClN2O2S/c1-8(2)9(3)19(18)7-13(17)16-12-5-4-10(15)6-11(12)14/h4-6,8-9H,7,15H2,1-3H3,(H,16,17). The van der Waals surface area contributed by atoms with Crippen molar-refractivity contribution < 1.29 is 9.00 Å². The fraction of sp³-hybridized carbons (Fsp3) is 0.462. The molecule has 1 rings (SSSR count). The molecule has 19 heavy (non-hydrogen) atoms. The lowest BCUT2D eigenvalue weighted by molar-refractivity contribution is -0.113. The lowest BCUT2D eigenvalue weighted by Crippen LogP contribution is -2.27. The highest BCUT2D eigenvalue weighted by Crippen LogP contribution is 2.24. The Balaban J connectivity index is 2.63. The van der Waals surface area contributed by atoms with Gasteiger partial charge in [-0.15, -0.1) is 0 Å². The molecule has 0 heterocycles. The number of carbonyl (C=O) groups excluding carboxylic acids is 1. The van der Waals surface area contributed by atoms with Crippen LogP contribution in [-0.4, -0.2) is 21.1 Å². The summed E-state index contributed by atoms with van der Waals surface area (Å²) in [4.78, 5) is 11.8. The van der Waals surface area contributed by atoms with E-state index in [1.165, 1.54) is 0 Å². The molecular formula is C13H19ClN2O2S. The van der Waals surface area contributed by atoms with Crippen LogP contribution in [0, 0.1) is 5.92 Å². The van der Waals surface area contributed by atoms with Crippen LogP contribution < -0.4 is 11.1 Å². The molecule has 6 heteroatoms. The minimum absolute atomic E-state index is 0.0207. The van der Waals surface area contributed by atoms with Crippen molar-refractivity contribution in [3.05, 3.63) is 23.2 Å². The van der Waals surface area contributed by atoms with Gasteiger partial charge in [0.1, 0.15) is 5.75 Å². The highest BCUT2D eigenvalue weighted by molar-refractivity contribution is 7.86. The van der Waals surface area contributed by atoms with Gasteiger partial charge in [0, 0.05) is 21.7 Å². The summed E-state index contributed by atoms with van der Waals surface area (Å²) in [5.41, 5.74) is 6.58. The summed E-state index contributed by atoms with van der Waals surface area (Å²) in [6.45, 7) is 5.85. The summed E-state index contributed by atoms with van der Waals surface area (Å²) >= 11 is 5.95. The van der Waals surface area contributed by atoms with Gasteiger partial charge in [0.25, 0.3) is 0 Å². The monoisotopic (exact) mass is 302 g/mol. The fourth-order valence-corrected chi connectivity index (χ4v) is 2.82. The molecule has 0 aromatic heterocycles. The maximum atomic E-state index is 11.9. The number of nitrogens with two attached hydrogens (primary N) is 1. The largest absolute Gasteiger partial charge is 0.399 e. The fourth-order valence-electron chi connectivity index (χ4n) is 1.38. The number of hydrogen-bond donors (Lipinski definition) is 2. The first-order chi connectivity index (χ1) is 8.81. The van der Waals surface area contributed by atoms with Crippen molar-refractivity contribution >= 4 is 39.7 Å². The number of hydrogen-bond acceptors (Lipinski definition) is 3. The van der Waals surface area contributed by atoms with E-state index in [4.69, 9.17) is 17.3 Å². The average Bonchev–Trinajstić information content (AvgIpc) is 2.31. The molecule has 106 valence electrons. The number of benzene rings is 1. The van der Waals surface area contributed by atoms with Crippen LogP contribution in [-0.2, 0) is 15.6 Å². The van der Waals surface area contributed by atoms with Crippen molar-refractivity contribution in [2.75, 3.05) is 16.8 Å². The van der Waals surface area contributed by atoms with Gasteiger partial charge in [0.2, 0.25) is 5.91 Å². The first-order valence-electron chi connectivity index (χ1n) is 6.03. The third-order valence-corrected chi connectivity index (χ3v) is 5.13. The molecule has 0 bridgehead atoms. The van der Waals surface area contributed by atoms with Gasteiger partial charge < -0.3 is 11.1 Å². The lowest BCUT2D eigenvalue weighted by atomic mass is 10.2. The van der Waals surface area contributed by atoms with E-state index in [9.17, 15) is 9.00 Å². The summed E-state index contributed by atoms with van der Waals surface area (Å²) in [6.07, 6.45) is 0. The third kappa shape index (κ3) is 4.84. The van der Waals surface area contributed by atoms with E-state index in [0.717, 1.165) is 0 Å². The predicted octanol–water partition coefficient (Wildman–Crippen LogP) is 2.65. The zero-order valence-corrected chi connectivity index (χ0v) is 12.8. The summed E-state index contributed by atoms with van der Waals surface area (Å²) in [6, 6.07) is 4.84. The predicted molar refractivity (Wildman–Crippen MR) is 81.8 cm³/mol. The number of rotatable bonds is 5. The van der Waals surface area contributed by atoms with Crippen LogP contribution in [0.4, 0.5) is 11.4 Å². The van der Waals surface area contributed by atoms with Gasteiger partial charge in [-0.3, -0.25) is 9.00 Å². The summed E-state index contributed by atoms with van der Waals surface area (Å²) in [5, 5.41) is 2.99. The van der Waals surface area contributed by atoms with E-state index in [-0.39, 0.29) is 22.8 Å². The van der Waals surface area contributed by atoms with Gasteiger partial charge in [0.15, 0.2) is 0 Å². The third-order valence-electron chi connectivity index (χ3n) is 2.89. The molecule has 2 unspecified atom stereocenters. The van der Waals surface area contributed by atoms with Crippen molar-refractivity contribution in [1.82, 2.24) is 0 Å². The van der Waals surface area contributed by atoms with Crippen LogP contribution in [0.3, 0.4) is 0 Å². The summed E-state index contributed by atoms with van der Waals surface area (Å²) < 4.78 is 11.9. The van der Waals surface area contributed by atoms with Crippen LogP contribution in [0.25, 0.3) is 0 Å². The Labute approximate surface area is 121 Å². The quantitative estimate of drug-likeness (QED) is 0.821. The van der Waals surface area contributed by atoms with E-state index in [0.29, 0.717) is 16.4 Å². The van der Waals surface area contributed by atoms with Crippen LogP contribution >= 0.6 is 11.6 Å². The van der Waals surface area contributed by atoms with Crippen LogP contribution in [0.2, 0.25) is 5.02 Å². The van der Waals surface area contributed by atoms with Gasteiger partial charge in [-0.25, -0.2) is 0 Å². The number of amides is 1. The Morgan fingerprint density at radius 2 is 2.05 bits per heavy atom. The van der Waals surface area contributed by atoms with Gasteiger partial charge in [-0.2, -0.15) is 0 Å². The van der Waals surface area contributed by atoms with E-state index in [1.54, 1.807) is 18.2 Å². The van der Waals surface area contributed by atoms with Gasteiger partial charge in [-0.1, -0.05) is 32.4 Å². The first kappa shape index (κ1) is 16.0. The molecule has 4 nitrogen and oxygen atoms in total. The van der Waals surface area contributed by atoms with Crippen LogP contribution in [0.5, 0.6) is 0 Å². The Bertz CT molecular complexity index is 492. The van der Waals surface area contributed by atoms with Gasteiger partial charge >= 0.3 is 0 Å². The molecule has 1 aromatic carbocycles. The number of halogens is 1. The molecule has 0 spiro atoms. The van der Waals surface area contributed by atoms with Gasteiger partial charge in [-0.05, 0) is 24.1 Å². The SMILES string of the molecule is CC(C)C(C)S(=O)CC(=O)Nc1ccc(N)cc1Cl. The highest BCUT2D eigenvalue weighted by atomic mass is 35.5. The average molecular weight is 303 g/mol. The molecular weight excluding hydrogens is 284 g/mol. The molecule has 1 aromatic rings. The van der Waals surface area contributed by atoms with Gasteiger partial charge in [0.05, 0.1) is 10.7 Å². The summed E-state index contributed by atoms with van der Waals surface area (Å²) in [7, 11) is -1.19. The second-order valence-corrected chi connectivity index (χ2v) is 6.96. The van der Waals surface area contributed by atoms with Crippen molar-refractivity contribution in [2.24, 2.45) is 5.92 Å². The second-order valence-electron chi connectivity index (χ2n) is 4.76. The molecule has 3 N–H and O–H groups in total. The number of nitrogen functional groups attached to an aromatic ring is 1. The Kier molecular flexibility index (Phi) is 5.82. The maximum Gasteiger partial charge on any atom is 0.237 e. The molecule has 1 amide bonds. The normalized spacial score (nSPS) is 14.2. The molecule has 0 aliphatic carbocycles. The second kappa shape index (κ2) is 6.91. The smallest absolute Gasteiger partial charge is 0.237 e. The molecule has 0 fully saturated rings. The minimum Gasteiger partial charge on any atom is -0.399 e. The molecule has 0 aliphatic rings. The number of anilines is 2. The molecule has 2 atom stereocenters. The number of carbonyl (C=O) groups is 1. The topological polar surface area (TPSA) is 72.2 Å². The van der Waals surface area contributed by atoms with E-state index < -0.39 is 10.8 Å². The molecule has 0 radical (unpaired) electrons. The summed E-state index contributed by atoms with van der Waals surface area (Å²) in [5.74, 6) is -0.0636. The maximum absolute atomic E-state index is 11.9. The van der Waals surface area contributed by atoms with Crippen molar-refractivity contribution in [3.8, 4) is 0 Å². The lowest BCUT2D eigenvalue weighted by Gasteiger charge is -2.15. The Morgan fingerprint density at radius 3 is 2.58 bits per heavy atom. The van der Waals surface area contributed by atoms with E-state index in [1.807, 2.05) is 20.8 Å². The molecule has 0 aliphatic heterocycles. The molecule has 0 saturated carbocycles. The van der Waals surface area contributed by atoms with Crippen LogP contribution in [0.1, 0.15) is 20.8 Å². The van der Waals surface area contributed by atoms with E-state index >= 15 is 0 Å². The first-order valence-corrected chi connectivity index (χ1v) is 7.79. The highest BCUT2D eigenvalue weighted by Gasteiger charge is 2.18. The van der Waals surface area contributed by atoms with Crippen molar-refractivity contribution in [3.63, 3.8) is 0 Å². The van der Waals surface area contributed by atoms with E-state index in [2.05, 4.69) is 5.32 Å². The zero-order valence-electron chi connectivity index (χ0n) is 11.3. The zero-order chi connectivity index (χ0) is 14.6. The number of nitrogens with one attached hydrogen (secondary N) is 1. The minimum atomic E-state index is -1.19. The Hall–Kier alpha value is -1.07. The molecule has 0 saturated heterocycles. The van der Waals surface area contributed by atoms with Crippen LogP contribution in [0.15, 0.2) is 18.2 Å². The van der Waals surface area contributed by atoms with Crippen molar-refractivity contribution in [1.29, 1.82) is 0 Å².